The van der Waals surface area contributed by atoms with Crippen molar-refractivity contribution in [3.8, 4) is 11.5 Å². The van der Waals surface area contributed by atoms with E-state index in [0.29, 0.717) is 0 Å². The van der Waals surface area contributed by atoms with Crippen LogP contribution in [0.3, 0.4) is 0 Å². The number of aromatic hydroxyl groups is 2. The van der Waals surface area contributed by atoms with E-state index in [4.69, 9.17) is 10.2 Å². The fourth-order valence-corrected chi connectivity index (χ4v) is 1.45. The van der Waals surface area contributed by atoms with Crippen LogP contribution < -0.4 is 0 Å². The molecule has 0 saturated heterocycles. The van der Waals surface area contributed by atoms with Gasteiger partial charge in [0.2, 0.25) is 0 Å². The van der Waals surface area contributed by atoms with Gasteiger partial charge in [0.1, 0.15) is 12.2 Å². The van der Waals surface area contributed by atoms with Crippen LogP contribution in [0.4, 0.5) is 0 Å². The van der Waals surface area contributed by atoms with Gasteiger partial charge in [-0.25, -0.2) is 0 Å². The van der Waals surface area contributed by atoms with Crippen LogP contribution in [0.15, 0.2) is 18.2 Å². The summed E-state index contributed by atoms with van der Waals surface area (Å²) in [5.41, 5.74) is 0.238. The second kappa shape index (κ2) is 5.83. The van der Waals surface area contributed by atoms with Crippen molar-refractivity contribution in [3.05, 3.63) is 23.8 Å². The minimum Gasteiger partial charge on any atom is -0.504 e. The minimum atomic E-state index is -1.53. The molecule has 1 rings (SSSR count). The fourth-order valence-electron chi connectivity index (χ4n) is 1.45. The third-order valence-corrected chi connectivity index (χ3v) is 2.50. The molecule has 1 aromatic carbocycles. The summed E-state index contributed by atoms with van der Waals surface area (Å²) >= 11 is 0. The molecule has 0 aliphatic carbocycles. The molecule has 0 aromatic heterocycles. The standard InChI is InChI=1S/C11H16O6/c12-5-9(15)11(17)8(14)4-6-2-1-3-7(13)10(6)16/h1-3,8-9,11-17H,4-5H2/t8-,9+,11-/m0/s1. The Morgan fingerprint density at radius 1 is 1.00 bits per heavy atom. The summed E-state index contributed by atoms with van der Waals surface area (Å²) in [5.74, 6) is -0.705. The van der Waals surface area contributed by atoms with Gasteiger partial charge in [-0.3, -0.25) is 0 Å². The molecule has 6 heteroatoms. The predicted molar refractivity (Wildman–Crippen MR) is 58.6 cm³/mol. The van der Waals surface area contributed by atoms with E-state index < -0.39 is 24.9 Å². The first-order valence-corrected chi connectivity index (χ1v) is 5.12. The third kappa shape index (κ3) is 3.31. The first-order valence-electron chi connectivity index (χ1n) is 5.12. The summed E-state index contributed by atoms with van der Waals surface area (Å²) < 4.78 is 0. The van der Waals surface area contributed by atoms with E-state index in [0.717, 1.165) is 0 Å². The lowest BCUT2D eigenvalue weighted by Crippen LogP contribution is -2.40. The van der Waals surface area contributed by atoms with E-state index >= 15 is 0 Å². The van der Waals surface area contributed by atoms with Gasteiger partial charge < -0.3 is 30.6 Å². The Balaban J connectivity index is 2.74. The maximum atomic E-state index is 9.57. The molecule has 0 radical (unpaired) electrons. The number of aliphatic hydroxyl groups excluding tert-OH is 4. The number of phenols is 2. The number of benzene rings is 1. The summed E-state index contributed by atoms with van der Waals surface area (Å²) in [6.07, 6.45) is -4.49. The Labute approximate surface area is 98.0 Å². The van der Waals surface area contributed by atoms with Crippen molar-refractivity contribution in [3.63, 3.8) is 0 Å². The molecule has 0 bridgehead atoms. The summed E-state index contributed by atoms with van der Waals surface area (Å²) in [7, 11) is 0. The fraction of sp³-hybridized carbons (Fsp3) is 0.455. The molecule has 17 heavy (non-hydrogen) atoms. The van der Waals surface area contributed by atoms with Gasteiger partial charge in [-0.05, 0) is 6.07 Å². The monoisotopic (exact) mass is 244 g/mol. The Hall–Kier alpha value is -1.34. The van der Waals surface area contributed by atoms with Crippen LogP contribution in [0.2, 0.25) is 0 Å². The smallest absolute Gasteiger partial charge is 0.160 e. The minimum absolute atomic E-state index is 0.154. The Bertz CT molecular complexity index is 367. The van der Waals surface area contributed by atoms with Gasteiger partial charge >= 0.3 is 0 Å². The second-order valence-corrected chi connectivity index (χ2v) is 3.80. The Kier molecular flexibility index (Phi) is 4.71. The molecule has 1 aromatic rings. The molecule has 6 N–H and O–H groups in total. The van der Waals surface area contributed by atoms with E-state index in [2.05, 4.69) is 0 Å². The zero-order valence-electron chi connectivity index (χ0n) is 9.06. The highest BCUT2D eigenvalue weighted by Crippen LogP contribution is 2.29. The average Bonchev–Trinajstić information content (AvgIpc) is 2.32. The lowest BCUT2D eigenvalue weighted by atomic mass is 10.00. The van der Waals surface area contributed by atoms with Crippen molar-refractivity contribution in [1.82, 2.24) is 0 Å². The number of aliphatic hydroxyl groups is 4. The van der Waals surface area contributed by atoms with E-state index in [-0.39, 0.29) is 23.5 Å². The van der Waals surface area contributed by atoms with Gasteiger partial charge in [0.15, 0.2) is 11.5 Å². The predicted octanol–water partition coefficient (Wildman–Crippen LogP) is -1.28. The highest BCUT2D eigenvalue weighted by molar-refractivity contribution is 5.44. The van der Waals surface area contributed by atoms with Crippen molar-refractivity contribution < 1.29 is 30.6 Å². The molecule has 0 spiro atoms. The van der Waals surface area contributed by atoms with Crippen LogP contribution >= 0.6 is 0 Å². The molecule has 6 nitrogen and oxygen atoms in total. The maximum absolute atomic E-state index is 9.57. The number of hydrogen-bond donors (Lipinski definition) is 6. The first-order chi connectivity index (χ1) is 7.97. The zero-order chi connectivity index (χ0) is 13.0. The number of phenolic OH excluding ortho intramolecular Hbond substituents is 2. The van der Waals surface area contributed by atoms with Gasteiger partial charge in [0.25, 0.3) is 0 Å². The van der Waals surface area contributed by atoms with Crippen LogP contribution in [0.25, 0.3) is 0 Å². The lowest BCUT2D eigenvalue weighted by molar-refractivity contribution is -0.0756. The molecular weight excluding hydrogens is 228 g/mol. The van der Waals surface area contributed by atoms with E-state index in [1.165, 1.54) is 18.2 Å². The lowest BCUT2D eigenvalue weighted by Gasteiger charge is -2.21. The first kappa shape index (κ1) is 13.7. The van der Waals surface area contributed by atoms with E-state index in [1.54, 1.807) is 0 Å². The van der Waals surface area contributed by atoms with Gasteiger partial charge in [-0.2, -0.15) is 0 Å². The van der Waals surface area contributed by atoms with Crippen LogP contribution in [0.5, 0.6) is 11.5 Å². The average molecular weight is 244 g/mol. The van der Waals surface area contributed by atoms with Crippen LogP contribution in [0, 0.1) is 0 Å². The molecule has 0 heterocycles. The molecule has 3 atom stereocenters. The second-order valence-electron chi connectivity index (χ2n) is 3.80. The van der Waals surface area contributed by atoms with Gasteiger partial charge in [0.05, 0.1) is 12.7 Å². The molecule has 0 unspecified atom stereocenters. The normalized spacial score (nSPS) is 16.5. The van der Waals surface area contributed by atoms with Crippen LogP contribution in [-0.4, -0.2) is 55.6 Å². The summed E-state index contributed by atoms with van der Waals surface area (Å²) in [5, 5.41) is 55.4. The van der Waals surface area contributed by atoms with E-state index in [1.807, 2.05) is 0 Å². The van der Waals surface area contributed by atoms with Crippen LogP contribution in [0.1, 0.15) is 5.56 Å². The molecular formula is C11H16O6. The van der Waals surface area contributed by atoms with Crippen molar-refractivity contribution in [2.45, 2.75) is 24.7 Å². The SMILES string of the molecule is OC[C@@H](O)[C@@H](O)[C@@H](O)Cc1cccc(O)c1O. The van der Waals surface area contributed by atoms with Gasteiger partial charge in [-0.1, -0.05) is 12.1 Å². The molecule has 0 saturated carbocycles. The Morgan fingerprint density at radius 2 is 1.65 bits per heavy atom. The molecule has 0 fully saturated rings. The quantitative estimate of drug-likeness (QED) is 0.359. The molecule has 96 valence electrons. The largest absolute Gasteiger partial charge is 0.504 e. The summed E-state index contributed by atoms with van der Waals surface area (Å²) in [4.78, 5) is 0. The number of rotatable bonds is 5. The number of hydrogen-bond acceptors (Lipinski definition) is 6. The van der Waals surface area contributed by atoms with Crippen LogP contribution in [-0.2, 0) is 6.42 Å². The Morgan fingerprint density at radius 3 is 2.24 bits per heavy atom. The third-order valence-electron chi connectivity index (χ3n) is 2.50. The molecule has 0 aliphatic rings. The van der Waals surface area contributed by atoms with Crippen molar-refractivity contribution in [2.75, 3.05) is 6.61 Å². The highest BCUT2D eigenvalue weighted by atomic mass is 16.4. The number of para-hydroxylation sites is 1. The van der Waals surface area contributed by atoms with Crippen molar-refractivity contribution in [1.29, 1.82) is 0 Å². The zero-order valence-corrected chi connectivity index (χ0v) is 9.06. The summed E-state index contributed by atoms with van der Waals surface area (Å²) in [6.45, 7) is -0.676. The topological polar surface area (TPSA) is 121 Å². The van der Waals surface area contributed by atoms with Gasteiger partial charge in [0, 0.05) is 12.0 Å². The van der Waals surface area contributed by atoms with E-state index in [9.17, 15) is 20.4 Å². The maximum Gasteiger partial charge on any atom is 0.160 e. The molecule has 0 amide bonds. The van der Waals surface area contributed by atoms with Crippen molar-refractivity contribution in [2.24, 2.45) is 0 Å². The highest BCUT2D eigenvalue weighted by Gasteiger charge is 2.25. The summed E-state index contributed by atoms with van der Waals surface area (Å²) in [6, 6.07) is 4.23. The molecule has 0 aliphatic heterocycles. The van der Waals surface area contributed by atoms with Gasteiger partial charge in [-0.15, -0.1) is 0 Å². The van der Waals surface area contributed by atoms with Crippen molar-refractivity contribution >= 4 is 0 Å².